The van der Waals surface area contributed by atoms with Crippen LogP contribution in [-0.2, 0) is 4.79 Å². The van der Waals surface area contributed by atoms with Gasteiger partial charge in [0, 0.05) is 19.0 Å². The number of nitrogens with zero attached hydrogens (tertiary/aromatic N) is 1. The summed E-state index contributed by atoms with van der Waals surface area (Å²) in [5.41, 5.74) is 0. The highest BCUT2D eigenvalue weighted by atomic mass is 16.2. The first kappa shape index (κ1) is 9.04. The van der Waals surface area contributed by atoms with Crippen LogP contribution in [0.2, 0.25) is 0 Å². The van der Waals surface area contributed by atoms with Gasteiger partial charge in [0.15, 0.2) is 0 Å². The summed E-state index contributed by atoms with van der Waals surface area (Å²) in [5, 5.41) is 0. The molecule has 0 aromatic rings. The number of rotatable bonds is 1. The van der Waals surface area contributed by atoms with Crippen molar-refractivity contribution in [2.45, 2.75) is 51.5 Å². The van der Waals surface area contributed by atoms with Gasteiger partial charge in [-0.3, -0.25) is 4.79 Å². The van der Waals surface area contributed by atoms with Gasteiger partial charge in [-0.1, -0.05) is 26.2 Å². The molecule has 0 bridgehead atoms. The van der Waals surface area contributed by atoms with E-state index >= 15 is 0 Å². The summed E-state index contributed by atoms with van der Waals surface area (Å²) < 4.78 is 0. The van der Waals surface area contributed by atoms with E-state index in [1.807, 2.05) is 0 Å². The Morgan fingerprint density at radius 3 is 2.46 bits per heavy atom. The van der Waals surface area contributed by atoms with E-state index in [0.29, 0.717) is 17.9 Å². The van der Waals surface area contributed by atoms with Crippen LogP contribution in [0.4, 0.5) is 0 Å². The van der Waals surface area contributed by atoms with Crippen molar-refractivity contribution in [1.29, 1.82) is 0 Å². The minimum Gasteiger partial charge on any atom is -0.339 e. The number of amides is 1. The molecule has 1 amide bonds. The molecule has 13 heavy (non-hydrogen) atoms. The molecule has 0 spiro atoms. The molecule has 1 aliphatic carbocycles. The van der Waals surface area contributed by atoms with Gasteiger partial charge in [-0.2, -0.15) is 0 Å². The summed E-state index contributed by atoms with van der Waals surface area (Å²) in [7, 11) is 0. The molecule has 0 aromatic heterocycles. The summed E-state index contributed by atoms with van der Waals surface area (Å²) >= 11 is 0. The van der Waals surface area contributed by atoms with Crippen LogP contribution in [0.15, 0.2) is 0 Å². The highest BCUT2D eigenvalue weighted by molar-refractivity contribution is 5.78. The standard InChI is InChI=1S/C11H19NO/c1-9-7-11(13)12(8-9)10-5-3-2-4-6-10/h9-10H,2-8H2,1H3. The average molecular weight is 181 g/mol. The Kier molecular flexibility index (Phi) is 2.56. The third-order valence-corrected chi connectivity index (χ3v) is 3.37. The normalized spacial score (nSPS) is 31.3. The molecule has 2 heteroatoms. The van der Waals surface area contributed by atoms with Crippen LogP contribution in [0.3, 0.4) is 0 Å². The van der Waals surface area contributed by atoms with Gasteiger partial charge in [-0.25, -0.2) is 0 Å². The molecule has 1 heterocycles. The molecule has 1 saturated heterocycles. The molecule has 1 unspecified atom stereocenters. The second-order valence-electron chi connectivity index (χ2n) is 4.65. The SMILES string of the molecule is CC1CC(=O)N(C2CCCCC2)C1. The Hall–Kier alpha value is -0.530. The fraction of sp³-hybridized carbons (Fsp3) is 0.909. The second kappa shape index (κ2) is 3.69. The first-order valence-electron chi connectivity index (χ1n) is 5.57. The molecular formula is C11H19NO. The largest absolute Gasteiger partial charge is 0.339 e. The minimum atomic E-state index is 0.402. The average Bonchev–Trinajstić information content (AvgIpc) is 2.47. The maximum atomic E-state index is 11.6. The molecule has 74 valence electrons. The van der Waals surface area contributed by atoms with E-state index in [1.54, 1.807) is 0 Å². The number of hydrogen-bond acceptors (Lipinski definition) is 1. The van der Waals surface area contributed by atoms with Gasteiger partial charge in [0.05, 0.1) is 0 Å². The molecule has 1 atom stereocenters. The van der Waals surface area contributed by atoms with E-state index in [1.165, 1.54) is 32.1 Å². The molecule has 0 radical (unpaired) electrons. The van der Waals surface area contributed by atoms with Crippen molar-refractivity contribution in [3.8, 4) is 0 Å². The lowest BCUT2D eigenvalue weighted by molar-refractivity contribution is -0.130. The zero-order valence-electron chi connectivity index (χ0n) is 8.46. The van der Waals surface area contributed by atoms with Crippen molar-refractivity contribution in [2.75, 3.05) is 6.54 Å². The highest BCUT2D eigenvalue weighted by Crippen LogP contribution is 2.28. The topological polar surface area (TPSA) is 20.3 Å². The molecule has 2 rings (SSSR count). The van der Waals surface area contributed by atoms with E-state index in [9.17, 15) is 4.79 Å². The van der Waals surface area contributed by atoms with Crippen molar-refractivity contribution in [2.24, 2.45) is 5.92 Å². The lowest BCUT2D eigenvalue weighted by atomic mass is 9.94. The van der Waals surface area contributed by atoms with Crippen LogP contribution in [0.1, 0.15) is 45.4 Å². The predicted octanol–water partition coefficient (Wildman–Crippen LogP) is 2.19. The van der Waals surface area contributed by atoms with E-state index < -0.39 is 0 Å². The molecule has 0 aromatic carbocycles. The Labute approximate surface area is 80.3 Å². The highest BCUT2D eigenvalue weighted by Gasteiger charge is 2.32. The molecule has 0 N–H and O–H groups in total. The predicted molar refractivity (Wildman–Crippen MR) is 52.4 cm³/mol. The molecule has 1 aliphatic heterocycles. The van der Waals surface area contributed by atoms with E-state index in [-0.39, 0.29) is 0 Å². The van der Waals surface area contributed by atoms with Crippen molar-refractivity contribution in [3.05, 3.63) is 0 Å². The van der Waals surface area contributed by atoms with Crippen molar-refractivity contribution >= 4 is 5.91 Å². The van der Waals surface area contributed by atoms with Crippen molar-refractivity contribution < 1.29 is 4.79 Å². The summed E-state index contributed by atoms with van der Waals surface area (Å²) in [4.78, 5) is 13.8. The van der Waals surface area contributed by atoms with Gasteiger partial charge >= 0.3 is 0 Å². The third kappa shape index (κ3) is 1.87. The van der Waals surface area contributed by atoms with Crippen LogP contribution in [0, 0.1) is 5.92 Å². The smallest absolute Gasteiger partial charge is 0.223 e. The van der Waals surface area contributed by atoms with Gasteiger partial charge in [0.25, 0.3) is 0 Å². The number of likely N-dealkylation sites (tertiary alicyclic amines) is 1. The molecule has 2 nitrogen and oxygen atoms in total. The zero-order chi connectivity index (χ0) is 9.26. The monoisotopic (exact) mass is 181 g/mol. The van der Waals surface area contributed by atoms with Gasteiger partial charge in [0.1, 0.15) is 0 Å². The molecule has 2 aliphatic rings. The number of carbonyl (C=O) groups is 1. The zero-order valence-corrected chi connectivity index (χ0v) is 8.46. The van der Waals surface area contributed by atoms with Crippen LogP contribution in [0.5, 0.6) is 0 Å². The van der Waals surface area contributed by atoms with E-state index in [4.69, 9.17) is 0 Å². The summed E-state index contributed by atoms with van der Waals surface area (Å²) in [6.45, 7) is 3.20. The lowest BCUT2D eigenvalue weighted by Gasteiger charge is -2.31. The second-order valence-corrected chi connectivity index (χ2v) is 4.65. The Bertz CT molecular complexity index is 196. The Morgan fingerprint density at radius 1 is 1.23 bits per heavy atom. The molecule has 2 fully saturated rings. The maximum Gasteiger partial charge on any atom is 0.223 e. The van der Waals surface area contributed by atoms with Crippen molar-refractivity contribution in [1.82, 2.24) is 4.90 Å². The van der Waals surface area contributed by atoms with Crippen LogP contribution in [0.25, 0.3) is 0 Å². The quantitative estimate of drug-likeness (QED) is 0.607. The number of carbonyl (C=O) groups excluding carboxylic acids is 1. The Balaban J connectivity index is 1.95. The minimum absolute atomic E-state index is 0.402. The van der Waals surface area contributed by atoms with Crippen LogP contribution < -0.4 is 0 Å². The first-order chi connectivity index (χ1) is 6.27. The summed E-state index contributed by atoms with van der Waals surface area (Å²) in [6.07, 6.45) is 7.30. The third-order valence-electron chi connectivity index (χ3n) is 3.37. The van der Waals surface area contributed by atoms with Gasteiger partial charge in [0.2, 0.25) is 5.91 Å². The lowest BCUT2D eigenvalue weighted by Crippen LogP contribution is -2.37. The number of hydrogen-bond donors (Lipinski definition) is 0. The van der Waals surface area contributed by atoms with Crippen LogP contribution in [-0.4, -0.2) is 23.4 Å². The van der Waals surface area contributed by atoms with Crippen LogP contribution >= 0.6 is 0 Å². The maximum absolute atomic E-state index is 11.6. The fourth-order valence-corrected chi connectivity index (χ4v) is 2.66. The first-order valence-corrected chi connectivity index (χ1v) is 5.57. The summed E-state index contributed by atoms with van der Waals surface area (Å²) in [6, 6.07) is 0.589. The van der Waals surface area contributed by atoms with E-state index in [0.717, 1.165) is 13.0 Å². The van der Waals surface area contributed by atoms with Gasteiger partial charge < -0.3 is 4.90 Å². The Morgan fingerprint density at radius 2 is 1.92 bits per heavy atom. The summed E-state index contributed by atoms with van der Waals surface area (Å²) in [5.74, 6) is 0.994. The fourth-order valence-electron chi connectivity index (χ4n) is 2.66. The van der Waals surface area contributed by atoms with Gasteiger partial charge in [-0.05, 0) is 18.8 Å². The van der Waals surface area contributed by atoms with Crippen molar-refractivity contribution in [3.63, 3.8) is 0 Å². The van der Waals surface area contributed by atoms with E-state index in [2.05, 4.69) is 11.8 Å². The van der Waals surface area contributed by atoms with Gasteiger partial charge in [-0.15, -0.1) is 0 Å². The molecular weight excluding hydrogens is 162 g/mol. The molecule has 1 saturated carbocycles.